The van der Waals surface area contributed by atoms with E-state index in [4.69, 9.17) is 0 Å². The highest BCUT2D eigenvalue weighted by Crippen LogP contribution is 2.33. The van der Waals surface area contributed by atoms with Crippen molar-refractivity contribution in [3.8, 4) is 0 Å². The fraction of sp³-hybridized carbons (Fsp3) is 0.250. The molecule has 0 heterocycles. The third kappa shape index (κ3) is 3.30. The Morgan fingerprint density at radius 2 is 1.81 bits per heavy atom. The molecule has 5 heteroatoms. The Morgan fingerprint density at radius 1 is 1.10 bits per heavy atom. The van der Waals surface area contributed by atoms with Crippen LogP contribution in [0.4, 0.5) is 13.2 Å². The lowest BCUT2D eigenvalue weighted by Gasteiger charge is -2.22. The number of hydrogen-bond acceptors (Lipinski definition) is 1. The fourth-order valence-corrected chi connectivity index (χ4v) is 2.83. The van der Waals surface area contributed by atoms with Crippen LogP contribution in [0.5, 0.6) is 0 Å². The first-order valence-corrected chi connectivity index (χ1v) is 7.37. The van der Waals surface area contributed by atoms with E-state index in [0.717, 1.165) is 11.6 Å². The molecule has 2 aromatic carbocycles. The van der Waals surface area contributed by atoms with Gasteiger partial charge in [0.05, 0.1) is 10.5 Å². The molecule has 2 rings (SSSR count). The van der Waals surface area contributed by atoms with Crippen molar-refractivity contribution in [1.29, 1.82) is 0 Å². The number of halogens is 4. The highest BCUT2D eigenvalue weighted by molar-refractivity contribution is 9.10. The van der Waals surface area contributed by atoms with Gasteiger partial charge in [0.1, 0.15) is 5.82 Å². The van der Waals surface area contributed by atoms with Crippen molar-refractivity contribution in [3.05, 3.63) is 68.9 Å². The number of aryl methyl sites for hydroxylation is 1. The van der Waals surface area contributed by atoms with E-state index < -0.39 is 17.7 Å². The second kappa shape index (κ2) is 6.62. The largest absolute Gasteiger partial charge is 0.306 e. The molecule has 21 heavy (non-hydrogen) atoms. The lowest BCUT2D eigenvalue weighted by Crippen LogP contribution is -2.23. The summed E-state index contributed by atoms with van der Waals surface area (Å²) in [5.41, 5.74) is 2.10. The van der Waals surface area contributed by atoms with Crippen LogP contribution in [0.3, 0.4) is 0 Å². The van der Waals surface area contributed by atoms with Gasteiger partial charge in [-0.2, -0.15) is 0 Å². The molecule has 0 aromatic heterocycles. The Bertz CT molecular complexity index is 658. The van der Waals surface area contributed by atoms with Crippen LogP contribution in [0.2, 0.25) is 0 Å². The van der Waals surface area contributed by atoms with Crippen molar-refractivity contribution in [2.75, 3.05) is 6.54 Å². The number of rotatable bonds is 4. The molecule has 112 valence electrons. The van der Waals surface area contributed by atoms with Gasteiger partial charge in [-0.25, -0.2) is 13.2 Å². The Balaban J connectivity index is 2.59. The first kappa shape index (κ1) is 16.0. The first-order chi connectivity index (χ1) is 9.95. The van der Waals surface area contributed by atoms with Crippen molar-refractivity contribution in [1.82, 2.24) is 5.32 Å². The molecule has 0 aliphatic heterocycles. The minimum atomic E-state index is -0.940. The van der Waals surface area contributed by atoms with Gasteiger partial charge < -0.3 is 5.32 Å². The molecule has 0 radical (unpaired) electrons. The number of hydrogen-bond donors (Lipinski definition) is 1. The van der Waals surface area contributed by atoms with Crippen LogP contribution in [0, 0.1) is 24.4 Å². The molecular weight excluding hydrogens is 343 g/mol. The summed E-state index contributed by atoms with van der Waals surface area (Å²) in [5.74, 6) is -2.22. The van der Waals surface area contributed by atoms with Crippen LogP contribution < -0.4 is 5.32 Å². The molecule has 2 aromatic rings. The van der Waals surface area contributed by atoms with Crippen LogP contribution in [0.15, 0.2) is 34.8 Å². The van der Waals surface area contributed by atoms with Crippen LogP contribution in [-0.4, -0.2) is 6.54 Å². The molecule has 0 saturated carbocycles. The minimum absolute atomic E-state index is 0.0529. The Labute approximate surface area is 130 Å². The molecule has 0 bridgehead atoms. The molecule has 0 amide bonds. The highest BCUT2D eigenvalue weighted by atomic mass is 79.9. The lowest BCUT2D eigenvalue weighted by atomic mass is 9.94. The van der Waals surface area contributed by atoms with Gasteiger partial charge in [-0.15, -0.1) is 0 Å². The van der Waals surface area contributed by atoms with Gasteiger partial charge in [0.25, 0.3) is 0 Å². The minimum Gasteiger partial charge on any atom is -0.306 e. The van der Waals surface area contributed by atoms with Crippen molar-refractivity contribution >= 4 is 15.9 Å². The molecule has 1 N–H and O–H groups in total. The van der Waals surface area contributed by atoms with Crippen molar-refractivity contribution in [2.24, 2.45) is 0 Å². The zero-order chi connectivity index (χ0) is 15.6. The molecule has 0 saturated heterocycles. The van der Waals surface area contributed by atoms with E-state index in [1.807, 2.05) is 13.8 Å². The number of benzene rings is 2. The highest BCUT2D eigenvalue weighted by Gasteiger charge is 2.21. The first-order valence-electron chi connectivity index (χ1n) is 6.58. The summed E-state index contributed by atoms with van der Waals surface area (Å²) in [7, 11) is 0. The zero-order valence-electron chi connectivity index (χ0n) is 11.7. The van der Waals surface area contributed by atoms with Crippen LogP contribution in [0.25, 0.3) is 0 Å². The van der Waals surface area contributed by atoms with Gasteiger partial charge in [-0.3, -0.25) is 0 Å². The predicted molar refractivity (Wildman–Crippen MR) is 80.7 cm³/mol. The smallest absolute Gasteiger partial charge is 0.173 e. The quantitative estimate of drug-likeness (QED) is 0.769. The van der Waals surface area contributed by atoms with Crippen molar-refractivity contribution in [3.63, 3.8) is 0 Å². The normalized spacial score (nSPS) is 12.5. The monoisotopic (exact) mass is 357 g/mol. The topological polar surface area (TPSA) is 12.0 Å². The summed E-state index contributed by atoms with van der Waals surface area (Å²) >= 11 is 3.09. The predicted octanol–water partition coefficient (Wildman–Crippen LogP) is 4.87. The van der Waals surface area contributed by atoms with Gasteiger partial charge in [0, 0.05) is 0 Å². The summed E-state index contributed by atoms with van der Waals surface area (Å²) in [6.45, 7) is 4.36. The SMILES string of the molecule is CCNC(c1cc(F)ccc1C)c1ccc(F)c(F)c1Br. The van der Waals surface area contributed by atoms with E-state index >= 15 is 0 Å². The maximum absolute atomic E-state index is 13.8. The maximum atomic E-state index is 13.8. The summed E-state index contributed by atoms with van der Waals surface area (Å²) in [4.78, 5) is 0. The van der Waals surface area contributed by atoms with E-state index in [2.05, 4.69) is 21.2 Å². The van der Waals surface area contributed by atoms with E-state index in [1.165, 1.54) is 18.2 Å². The molecule has 0 aliphatic carbocycles. The van der Waals surface area contributed by atoms with Gasteiger partial charge in [0.2, 0.25) is 0 Å². The lowest BCUT2D eigenvalue weighted by molar-refractivity contribution is 0.498. The van der Waals surface area contributed by atoms with Gasteiger partial charge in [0.15, 0.2) is 11.6 Å². The van der Waals surface area contributed by atoms with E-state index in [9.17, 15) is 13.2 Å². The summed E-state index contributed by atoms with van der Waals surface area (Å²) in [5, 5.41) is 3.18. The van der Waals surface area contributed by atoms with E-state index in [-0.39, 0.29) is 10.3 Å². The second-order valence-corrected chi connectivity index (χ2v) is 5.55. The molecule has 1 nitrogen and oxygen atoms in total. The van der Waals surface area contributed by atoms with Crippen LogP contribution in [0.1, 0.15) is 29.7 Å². The molecule has 0 spiro atoms. The molecular formula is C16H15BrF3N. The van der Waals surface area contributed by atoms with Gasteiger partial charge in [-0.1, -0.05) is 19.1 Å². The fourth-order valence-electron chi connectivity index (χ4n) is 2.28. The Hall–Kier alpha value is -1.33. The van der Waals surface area contributed by atoms with E-state index in [1.54, 1.807) is 6.07 Å². The number of nitrogens with one attached hydrogen (secondary N) is 1. The summed E-state index contributed by atoms with van der Waals surface area (Å²) in [6.07, 6.45) is 0. The third-order valence-electron chi connectivity index (χ3n) is 3.34. The average Bonchev–Trinajstić information content (AvgIpc) is 2.46. The molecule has 0 aliphatic rings. The third-order valence-corrected chi connectivity index (χ3v) is 4.14. The molecule has 0 fully saturated rings. The van der Waals surface area contributed by atoms with Gasteiger partial charge >= 0.3 is 0 Å². The van der Waals surface area contributed by atoms with Crippen molar-refractivity contribution in [2.45, 2.75) is 19.9 Å². The summed E-state index contributed by atoms with van der Waals surface area (Å²) in [6, 6.07) is 6.62. The van der Waals surface area contributed by atoms with Crippen LogP contribution >= 0.6 is 15.9 Å². The van der Waals surface area contributed by atoms with Crippen LogP contribution in [-0.2, 0) is 0 Å². The Morgan fingerprint density at radius 3 is 2.48 bits per heavy atom. The van der Waals surface area contributed by atoms with E-state index in [0.29, 0.717) is 17.7 Å². The standard InChI is InChI=1S/C16H15BrF3N/c1-3-21-16(12-8-10(18)5-4-9(12)2)11-6-7-13(19)15(20)14(11)17/h4-8,16,21H,3H2,1-2H3. The average molecular weight is 358 g/mol. The second-order valence-electron chi connectivity index (χ2n) is 4.76. The van der Waals surface area contributed by atoms with Gasteiger partial charge in [-0.05, 0) is 64.3 Å². The molecule has 1 atom stereocenters. The maximum Gasteiger partial charge on any atom is 0.173 e. The molecule has 1 unspecified atom stereocenters. The Kier molecular flexibility index (Phi) is 5.06. The van der Waals surface area contributed by atoms with Crippen molar-refractivity contribution < 1.29 is 13.2 Å². The zero-order valence-corrected chi connectivity index (χ0v) is 13.3. The summed E-state index contributed by atoms with van der Waals surface area (Å²) < 4.78 is 40.6.